The number of carbonyl (C=O) groups is 3. The molecule has 1 aromatic carbocycles. The minimum absolute atomic E-state index is 0.138. The maximum atomic E-state index is 12.5. The van der Waals surface area contributed by atoms with Gasteiger partial charge in [-0.25, -0.2) is 9.59 Å². The van der Waals surface area contributed by atoms with Crippen molar-refractivity contribution >= 4 is 23.7 Å². The molecular weight excluding hydrogens is 336 g/mol. The summed E-state index contributed by atoms with van der Waals surface area (Å²) < 4.78 is 10.1. The third-order valence-corrected chi connectivity index (χ3v) is 3.28. The van der Waals surface area contributed by atoms with E-state index in [1.54, 1.807) is 52.0 Å². The van der Waals surface area contributed by atoms with Gasteiger partial charge in [-0.1, -0.05) is 13.8 Å². The zero-order valence-electron chi connectivity index (χ0n) is 16.2. The van der Waals surface area contributed by atoms with Crippen LogP contribution in [0, 0.1) is 5.92 Å². The first-order valence-corrected chi connectivity index (χ1v) is 8.61. The summed E-state index contributed by atoms with van der Waals surface area (Å²) in [7, 11) is 0. The predicted molar refractivity (Wildman–Crippen MR) is 99.0 cm³/mol. The van der Waals surface area contributed by atoms with Gasteiger partial charge >= 0.3 is 12.1 Å². The summed E-state index contributed by atoms with van der Waals surface area (Å²) in [5.74, 6) is -0.923. The fourth-order valence-corrected chi connectivity index (χ4v) is 2.09. The Hall–Kier alpha value is -2.57. The molecule has 26 heavy (non-hydrogen) atoms. The highest BCUT2D eigenvalue weighted by Gasteiger charge is 2.27. The van der Waals surface area contributed by atoms with E-state index in [0.717, 1.165) is 0 Å². The number of nitrogens with one attached hydrogen (secondary N) is 2. The van der Waals surface area contributed by atoms with Crippen molar-refractivity contribution in [1.82, 2.24) is 5.32 Å². The molecule has 0 aliphatic carbocycles. The van der Waals surface area contributed by atoms with E-state index in [9.17, 15) is 14.4 Å². The lowest BCUT2D eigenvalue weighted by Crippen LogP contribution is -2.48. The highest BCUT2D eigenvalue weighted by atomic mass is 16.6. The Morgan fingerprint density at radius 3 is 2.12 bits per heavy atom. The quantitative estimate of drug-likeness (QED) is 0.755. The second-order valence-corrected chi connectivity index (χ2v) is 7.15. The molecule has 0 spiro atoms. The number of hydrogen-bond acceptors (Lipinski definition) is 5. The molecule has 0 saturated carbocycles. The van der Waals surface area contributed by atoms with Crippen molar-refractivity contribution < 1.29 is 23.9 Å². The van der Waals surface area contributed by atoms with Crippen molar-refractivity contribution in [2.24, 2.45) is 5.92 Å². The number of hydrogen-bond donors (Lipinski definition) is 2. The van der Waals surface area contributed by atoms with Gasteiger partial charge in [-0.15, -0.1) is 0 Å². The Balaban J connectivity index is 2.75. The normalized spacial score (nSPS) is 12.3. The van der Waals surface area contributed by atoms with Crippen LogP contribution in [0.1, 0.15) is 51.9 Å². The zero-order valence-corrected chi connectivity index (χ0v) is 16.2. The average molecular weight is 364 g/mol. The van der Waals surface area contributed by atoms with Gasteiger partial charge in [0.25, 0.3) is 0 Å². The summed E-state index contributed by atoms with van der Waals surface area (Å²) in [6.45, 7) is 10.9. The van der Waals surface area contributed by atoms with Crippen LogP contribution in [0.15, 0.2) is 24.3 Å². The second-order valence-electron chi connectivity index (χ2n) is 7.15. The molecule has 0 saturated heterocycles. The summed E-state index contributed by atoms with van der Waals surface area (Å²) in [6, 6.07) is 5.59. The Kier molecular flexibility index (Phi) is 7.61. The summed E-state index contributed by atoms with van der Waals surface area (Å²) >= 11 is 0. The van der Waals surface area contributed by atoms with Crippen molar-refractivity contribution in [2.75, 3.05) is 11.9 Å². The number of esters is 1. The number of ether oxygens (including phenoxy) is 2. The fraction of sp³-hybridized carbons (Fsp3) is 0.526. The van der Waals surface area contributed by atoms with Crippen LogP contribution in [0.5, 0.6) is 0 Å². The summed E-state index contributed by atoms with van der Waals surface area (Å²) in [5.41, 5.74) is 0.266. The molecule has 2 N–H and O–H groups in total. The Bertz CT molecular complexity index is 632. The number of rotatable bonds is 6. The maximum absolute atomic E-state index is 12.5. The molecule has 0 aliphatic rings. The molecule has 2 amide bonds. The average Bonchev–Trinajstić information content (AvgIpc) is 2.51. The van der Waals surface area contributed by atoms with Crippen LogP contribution in [0.25, 0.3) is 0 Å². The van der Waals surface area contributed by atoms with Gasteiger partial charge in [0.05, 0.1) is 12.2 Å². The first-order chi connectivity index (χ1) is 12.0. The summed E-state index contributed by atoms with van der Waals surface area (Å²) in [6.07, 6.45) is -0.649. The van der Waals surface area contributed by atoms with Gasteiger partial charge in [-0.3, -0.25) is 4.79 Å². The molecule has 144 valence electrons. The van der Waals surface area contributed by atoms with Crippen molar-refractivity contribution in [3.05, 3.63) is 29.8 Å². The fourth-order valence-electron chi connectivity index (χ4n) is 2.09. The van der Waals surface area contributed by atoms with E-state index in [4.69, 9.17) is 9.47 Å². The van der Waals surface area contributed by atoms with Gasteiger partial charge in [0, 0.05) is 5.69 Å². The Morgan fingerprint density at radius 1 is 1.08 bits per heavy atom. The van der Waals surface area contributed by atoms with Gasteiger partial charge in [0.1, 0.15) is 11.6 Å². The molecule has 7 nitrogen and oxygen atoms in total. The van der Waals surface area contributed by atoms with Gasteiger partial charge < -0.3 is 20.1 Å². The third-order valence-electron chi connectivity index (χ3n) is 3.28. The lowest BCUT2D eigenvalue weighted by atomic mass is 10.0. The monoisotopic (exact) mass is 364 g/mol. The number of anilines is 1. The van der Waals surface area contributed by atoms with Crippen LogP contribution in [-0.2, 0) is 14.3 Å². The molecule has 1 unspecified atom stereocenters. The van der Waals surface area contributed by atoms with Crippen molar-refractivity contribution in [2.45, 2.75) is 53.2 Å². The highest BCUT2D eigenvalue weighted by Crippen LogP contribution is 2.13. The van der Waals surface area contributed by atoms with E-state index in [1.807, 2.05) is 13.8 Å². The molecule has 0 aliphatic heterocycles. The second kappa shape index (κ2) is 9.22. The van der Waals surface area contributed by atoms with Crippen LogP contribution in [-0.4, -0.2) is 36.2 Å². The van der Waals surface area contributed by atoms with Crippen LogP contribution in [0.3, 0.4) is 0 Å². The minimum atomic E-state index is -0.755. The lowest BCUT2D eigenvalue weighted by Gasteiger charge is -2.25. The Morgan fingerprint density at radius 2 is 1.65 bits per heavy atom. The molecule has 0 fully saturated rings. The molecule has 1 atom stereocenters. The highest BCUT2D eigenvalue weighted by molar-refractivity contribution is 5.97. The summed E-state index contributed by atoms with van der Waals surface area (Å²) in [4.78, 5) is 36.1. The standard InChI is InChI=1S/C19H28N2O5/c1-7-25-17(23)13-8-10-14(11-9-13)20-16(22)15(12(2)3)21-18(24)26-19(4,5)6/h8-12,15H,7H2,1-6H3,(H,20,22)(H,21,24). The van der Waals surface area contributed by atoms with E-state index < -0.39 is 23.7 Å². The van der Waals surface area contributed by atoms with Gasteiger partial charge in [0.2, 0.25) is 5.91 Å². The predicted octanol–water partition coefficient (Wildman–Crippen LogP) is 3.35. The van der Waals surface area contributed by atoms with Crippen molar-refractivity contribution in [1.29, 1.82) is 0 Å². The number of alkyl carbamates (subject to hydrolysis) is 1. The van der Waals surface area contributed by atoms with Gasteiger partial charge in [-0.2, -0.15) is 0 Å². The summed E-state index contributed by atoms with van der Waals surface area (Å²) in [5, 5.41) is 5.32. The maximum Gasteiger partial charge on any atom is 0.408 e. The molecule has 7 heteroatoms. The molecule has 1 aromatic rings. The van der Waals surface area contributed by atoms with E-state index >= 15 is 0 Å². The van der Waals surface area contributed by atoms with Crippen LogP contribution in [0.2, 0.25) is 0 Å². The SMILES string of the molecule is CCOC(=O)c1ccc(NC(=O)C(NC(=O)OC(C)(C)C)C(C)C)cc1. The van der Waals surface area contributed by atoms with E-state index in [2.05, 4.69) is 10.6 Å². The van der Waals surface area contributed by atoms with Crippen LogP contribution < -0.4 is 10.6 Å². The van der Waals surface area contributed by atoms with E-state index in [-0.39, 0.29) is 11.8 Å². The smallest absolute Gasteiger partial charge is 0.408 e. The third kappa shape index (κ3) is 7.13. The zero-order chi connectivity index (χ0) is 19.9. The largest absolute Gasteiger partial charge is 0.462 e. The number of benzene rings is 1. The van der Waals surface area contributed by atoms with Gasteiger partial charge in [-0.05, 0) is 57.9 Å². The van der Waals surface area contributed by atoms with Crippen molar-refractivity contribution in [3.8, 4) is 0 Å². The molecule has 0 radical (unpaired) electrons. The first-order valence-electron chi connectivity index (χ1n) is 8.61. The van der Waals surface area contributed by atoms with E-state index in [0.29, 0.717) is 17.9 Å². The Labute approximate surface area is 154 Å². The number of amides is 2. The number of carbonyl (C=O) groups excluding carboxylic acids is 3. The molecule has 0 heterocycles. The van der Waals surface area contributed by atoms with Crippen LogP contribution in [0.4, 0.5) is 10.5 Å². The van der Waals surface area contributed by atoms with Crippen LogP contribution >= 0.6 is 0 Å². The first kappa shape index (κ1) is 21.5. The topological polar surface area (TPSA) is 93.7 Å². The van der Waals surface area contributed by atoms with Crippen molar-refractivity contribution in [3.63, 3.8) is 0 Å². The lowest BCUT2D eigenvalue weighted by molar-refractivity contribution is -0.119. The molecule has 0 aromatic heterocycles. The van der Waals surface area contributed by atoms with Gasteiger partial charge in [0.15, 0.2) is 0 Å². The van der Waals surface area contributed by atoms with E-state index in [1.165, 1.54) is 0 Å². The minimum Gasteiger partial charge on any atom is -0.462 e. The molecule has 1 rings (SSSR count). The molecule has 0 bridgehead atoms. The molecular formula is C19H28N2O5.